The molecule has 0 unspecified atom stereocenters. The number of carbonyl (C=O) groups excluding carboxylic acids is 3. The van der Waals surface area contributed by atoms with Gasteiger partial charge in [0.15, 0.2) is 0 Å². The quantitative estimate of drug-likeness (QED) is 0.888. The fraction of sp³-hybridized carbons (Fsp3) is 0.571. The maximum atomic E-state index is 12.9. The highest BCUT2D eigenvalue weighted by Gasteiger charge is 2.28. The van der Waals surface area contributed by atoms with Gasteiger partial charge in [-0.3, -0.25) is 14.4 Å². The van der Waals surface area contributed by atoms with E-state index in [0.717, 1.165) is 38.6 Å². The molecule has 3 rings (SSSR count). The highest BCUT2D eigenvalue weighted by Crippen LogP contribution is 2.26. The summed E-state index contributed by atoms with van der Waals surface area (Å²) < 4.78 is 0. The van der Waals surface area contributed by atoms with Crippen LogP contribution in [-0.2, 0) is 9.59 Å². The van der Waals surface area contributed by atoms with Crippen molar-refractivity contribution in [1.82, 2.24) is 9.80 Å². The van der Waals surface area contributed by atoms with Crippen LogP contribution in [0.3, 0.4) is 0 Å². The second-order valence-electron chi connectivity index (χ2n) is 7.57. The first kappa shape index (κ1) is 19.4. The topological polar surface area (TPSA) is 69.7 Å². The van der Waals surface area contributed by atoms with Crippen molar-refractivity contribution in [3.63, 3.8) is 0 Å². The second-order valence-corrected chi connectivity index (χ2v) is 7.57. The van der Waals surface area contributed by atoms with Gasteiger partial charge in [0.1, 0.15) is 0 Å². The number of rotatable bonds is 3. The standard InChI is InChI=1S/C21H29N3O3/c1-16(25)22-19-10-5-9-18(15-19)21(27)24-12-6-11-23(13-14-24)20(26)17-7-3-2-4-8-17/h5,9-10,15,17H,2-4,6-8,11-14H2,1H3,(H,22,25). The number of hydrogen-bond acceptors (Lipinski definition) is 3. The Morgan fingerprint density at radius 2 is 1.63 bits per heavy atom. The molecule has 1 aliphatic heterocycles. The largest absolute Gasteiger partial charge is 0.341 e. The molecular formula is C21H29N3O3. The monoisotopic (exact) mass is 371 g/mol. The summed E-state index contributed by atoms with van der Waals surface area (Å²) in [5.74, 6) is 0.243. The van der Waals surface area contributed by atoms with Gasteiger partial charge < -0.3 is 15.1 Å². The lowest BCUT2D eigenvalue weighted by atomic mass is 9.88. The Balaban J connectivity index is 1.61. The molecule has 146 valence electrons. The number of nitrogens with one attached hydrogen (secondary N) is 1. The van der Waals surface area contributed by atoms with Gasteiger partial charge in [-0.25, -0.2) is 0 Å². The van der Waals surface area contributed by atoms with Gasteiger partial charge >= 0.3 is 0 Å². The van der Waals surface area contributed by atoms with E-state index in [2.05, 4.69) is 5.32 Å². The number of anilines is 1. The summed E-state index contributed by atoms with van der Waals surface area (Å²) in [6.45, 7) is 3.98. The van der Waals surface area contributed by atoms with Crippen molar-refractivity contribution in [3.05, 3.63) is 29.8 Å². The predicted molar refractivity (Wildman–Crippen MR) is 104 cm³/mol. The summed E-state index contributed by atoms with van der Waals surface area (Å²) in [7, 11) is 0. The maximum absolute atomic E-state index is 12.9. The van der Waals surface area contributed by atoms with Gasteiger partial charge in [-0.15, -0.1) is 0 Å². The van der Waals surface area contributed by atoms with Gasteiger partial charge in [-0.05, 0) is 37.5 Å². The molecule has 0 aromatic heterocycles. The summed E-state index contributed by atoms with van der Waals surface area (Å²) in [6, 6.07) is 7.02. The third-order valence-corrected chi connectivity index (χ3v) is 5.48. The summed E-state index contributed by atoms with van der Waals surface area (Å²) in [4.78, 5) is 40.7. The van der Waals surface area contributed by atoms with Gasteiger partial charge in [0.25, 0.3) is 5.91 Å². The van der Waals surface area contributed by atoms with E-state index in [0.29, 0.717) is 30.9 Å². The van der Waals surface area contributed by atoms with Crippen molar-refractivity contribution in [2.45, 2.75) is 45.4 Å². The molecule has 1 heterocycles. The van der Waals surface area contributed by atoms with Crippen LogP contribution in [0.4, 0.5) is 5.69 Å². The Hall–Kier alpha value is -2.37. The molecule has 3 amide bonds. The van der Waals surface area contributed by atoms with Crippen LogP contribution in [0.25, 0.3) is 0 Å². The lowest BCUT2D eigenvalue weighted by Crippen LogP contribution is -2.40. The zero-order chi connectivity index (χ0) is 19.2. The Morgan fingerprint density at radius 3 is 2.37 bits per heavy atom. The zero-order valence-electron chi connectivity index (χ0n) is 16.1. The van der Waals surface area contributed by atoms with E-state index in [4.69, 9.17) is 0 Å². The maximum Gasteiger partial charge on any atom is 0.253 e. The molecule has 6 nitrogen and oxygen atoms in total. The second kappa shape index (κ2) is 9.02. The smallest absolute Gasteiger partial charge is 0.253 e. The minimum absolute atomic E-state index is 0.0471. The van der Waals surface area contributed by atoms with Gasteiger partial charge in [-0.2, -0.15) is 0 Å². The average Bonchev–Trinajstić information content (AvgIpc) is 2.93. The fourth-order valence-electron chi connectivity index (χ4n) is 4.06. The van der Waals surface area contributed by atoms with E-state index in [1.165, 1.54) is 13.3 Å². The Kier molecular flexibility index (Phi) is 6.48. The number of hydrogen-bond donors (Lipinski definition) is 1. The Morgan fingerprint density at radius 1 is 0.926 bits per heavy atom. The van der Waals surface area contributed by atoms with Crippen molar-refractivity contribution in [1.29, 1.82) is 0 Å². The van der Waals surface area contributed by atoms with Crippen LogP contribution >= 0.6 is 0 Å². The zero-order valence-corrected chi connectivity index (χ0v) is 16.1. The van der Waals surface area contributed by atoms with E-state index >= 15 is 0 Å². The molecule has 0 bridgehead atoms. The Labute approximate surface area is 160 Å². The van der Waals surface area contributed by atoms with E-state index in [1.807, 2.05) is 9.80 Å². The highest BCUT2D eigenvalue weighted by molar-refractivity contribution is 5.96. The first-order chi connectivity index (χ1) is 13.0. The normalized spacial score (nSPS) is 18.7. The van der Waals surface area contributed by atoms with Crippen LogP contribution < -0.4 is 5.32 Å². The van der Waals surface area contributed by atoms with E-state index < -0.39 is 0 Å². The minimum atomic E-state index is -0.161. The van der Waals surface area contributed by atoms with Gasteiger partial charge in [0.2, 0.25) is 11.8 Å². The van der Waals surface area contributed by atoms with Crippen molar-refractivity contribution < 1.29 is 14.4 Å². The predicted octanol–water partition coefficient (Wildman–Crippen LogP) is 2.90. The van der Waals surface area contributed by atoms with E-state index in [9.17, 15) is 14.4 Å². The lowest BCUT2D eigenvalue weighted by molar-refractivity contribution is -0.136. The average molecular weight is 371 g/mol. The fourth-order valence-corrected chi connectivity index (χ4v) is 4.06. The van der Waals surface area contributed by atoms with Gasteiger partial charge in [0.05, 0.1) is 0 Å². The van der Waals surface area contributed by atoms with Crippen molar-refractivity contribution in [3.8, 4) is 0 Å². The van der Waals surface area contributed by atoms with Crippen LogP contribution in [0.2, 0.25) is 0 Å². The van der Waals surface area contributed by atoms with Crippen molar-refractivity contribution in [2.24, 2.45) is 5.92 Å². The molecule has 6 heteroatoms. The molecule has 1 saturated carbocycles. The minimum Gasteiger partial charge on any atom is -0.341 e. The summed E-state index contributed by atoms with van der Waals surface area (Å²) in [5.41, 5.74) is 1.19. The van der Waals surface area contributed by atoms with Crippen LogP contribution in [0.5, 0.6) is 0 Å². The number of benzene rings is 1. The van der Waals surface area contributed by atoms with Crippen molar-refractivity contribution in [2.75, 3.05) is 31.5 Å². The van der Waals surface area contributed by atoms with Gasteiger partial charge in [-0.1, -0.05) is 25.3 Å². The van der Waals surface area contributed by atoms with Crippen LogP contribution in [0.1, 0.15) is 55.8 Å². The third kappa shape index (κ3) is 5.08. The SMILES string of the molecule is CC(=O)Nc1cccc(C(=O)N2CCCN(C(=O)C3CCCCC3)CC2)c1. The van der Waals surface area contributed by atoms with Crippen LogP contribution in [0.15, 0.2) is 24.3 Å². The molecule has 0 atom stereocenters. The van der Waals surface area contributed by atoms with E-state index in [-0.39, 0.29) is 23.6 Å². The summed E-state index contributed by atoms with van der Waals surface area (Å²) in [5, 5.41) is 2.71. The summed E-state index contributed by atoms with van der Waals surface area (Å²) >= 11 is 0. The lowest BCUT2D eigenvalue weighted by Gasteiger charge is -2.28. The first-order valence-electron chi connectivity index (χ1n) is 10.0. The highest BCUT2D eigenvalue weighted by atomic mass is 16.2. The molecule has 2 aliphatic rings. The van der Waals surface area contributed by atoms with Crippen LogP contribution in [-0.4, -0.2) is 53.7 Å². The summed E-state index contributed by atoms with van der Waals surface area (Å²) in [6.07, 6.45) is 6.36. The van der Waals surface area contributed by atoms with Gasteiger partial charge in [0, 0.05) is 50.3 Å². The molecule has 1 N–H and O–H groups in total. The molecule has 2 fully saturated rings. The number of nitrogens with zero attached hydrogens (tertiary/aromatic N) is 2. The Bertz CT molecular complexity index is 698. The molecule has 0 spiro atoms. The number of carbonyl (C=O) groups is 3. The van der Waals surface area contributed by atoms with Crippen LogP contribution in [0, 0.1) is 5.92 Å². The third-order valence-electron chi connectivity index (χ3n) is 5.48. The molecule has 1 aliphatic carbocycles. The van der Waals surface area contributed by atoms with E-state index in [1.54, 1.807) is 24.3 Å². The molecule has 1 aromatic carbocycles. The first-order valence-corrected chi connectivity index (χ1v) is 10.0. The molecule has 1 aromatic rings. The molecule has 27 heavy (non-hydrogen) atoms. The molecule has 1 saturated heterocycles. The molecular weight excluding hydrogens is 342 g/mol. The number of amides is 3. The van der Waals surface area contributed by atoms with Crippen molar-refractivity contribution >= 4 is 23.4 Å². The molecule has 0 radical (unpaired) electrons.